The van der Waals surface area contributed by atoms with E-state index in [0.29, 0.717) is 31.2 Å². The molecule has 0 saturated carbocycles. The van der Waals surface area contributed by atoms with Gasteiger partial charge in [-0.05, 0) is 47.4 Å². The fourth-order valence-electron chi connectivity index (χ4n) is 3.94. The lowest BCUT2D eigenvalue weighted by atomic mass is 10.1. The van der Waals surface area contributed by atoms with Crippen LogP contribution in [-0.2, 0) is 11.2 Å². The summed E-state index contributed by atoms with van der Waals surface area (Å²) >= 11 is 1.03. The highest BCUT2D eigenvalue weighted by Crippen LogP contribution is 2.26. The number of amides is 2. The van der Waals surface area contributed by atoms with Crippen molar-refractivity contribution in [1.82, 2.24) is 15.3 Å². The highest BCUT2D eigenvalue weighted by Gasteiger charge is 2.31. The van der Waals surface area contributed by atoms with Crippen LogP contribution in [0.25, 0.3) is 11.1 Å². The molecule has 5 rings (SSSR count). The predicted octanol–water partition coefficient (Wildman–Crippen LogP) is 5.35. The van der Waals surface area contributed by atoms with Crippen molar-refractivity contribution >= 4 is 28.7 Å². The number of hydrogen-bond acceptors (Lipinski definition) is 8. The van der Waals surface area contributed by atoms with Gasteiger partial charge in [0.2, 0.25) is 11.8 Å². The first kappa shape index (κ1) is 25.3. The second kappa shape index (κ2) is 11.8. The molecule has 2 amide bonds. The highest BCUT2D eigenvalue weighted by molar-refractivity contribution is 8.15. The molecule has 9 heteroatoms. The average molecular weight is 527 g/mol. The monoisotopic (exact) mass is 526 g/mol. The first-order valence-corrected chi connectivity index (χ1v) is 13.0. The van der Waals surface area contributed by atoms with Crippen molar-refractivity contribution in [3.63, 3.8) is 0 Å². The van der Waals surface area contributed by atoms with Gasteiger partial charge in [0.05, 0.1) is 11.8 Å². The lowest BCUT2D eigenvalue weighted by molar-refractivity contribution is -0.118. The van der Waals surface area contributed by atoms with E-state index in [1.165, 1.54) is 6.33 Å². The minimum atomic E-state index is -0.377. The molecule has 4 aromatic rings. The molecule has 0 spiro atoms. The molecule has 0 radical (unpaired) electrons. The van der Waals surface area contributed by atoms with Gasteiger partial charge in [0.1, 0.15) is 30.3 Å². The highest BCUT2D eigenvalue weighted by atomic mass is 32.2. The molecule has 0 bridgehead atoms. The van der Waals surface area contributed by atoms with Gasteiger partial charge < -0.3 is 14.4 Å². The van der Waals surface area contributed by atoms with E-state index in [9.17, 15) is 9.59 Å². The third-order valence-electron chi connectivity index (χ3n) is 6.01. The maximum absolute atomic E-state index is 11.8. The quantitative estimate of drug-likeness (QED) is 0.296. The first-order chi connectivity index (χ1) is 18.5. The van der Waals surface area contributed by atoms with Gasteiger partial charge in [0.15, 0.2) is 0 Å². The third kappa shape index (κ3) is 6.49. The number of likely N-dealkylation sites (N-methyl/N-ethyl adjacent to an activating group) is 1. The molecule has 0 aliphatic carbocycles. The number of rotatable bonds is 10. The molecule has 1 atom stereocenters. The number of ether oxygens (including phenoxy) is 2. The molecule has 1 aliphatic rings. The fourth-order valence-corrected chi connectivity index (χ4v) is 4.80. The maximum Gasteiger partial charge on any atom is 0.286 e. The normalized spacial score (nSPS) is 14.7. The maximum atomic E-state index is 11.8. The zero-order chi connectivity index (χ0) is 26.3. The molecule has 1 N–H and O–H groups in total. The van der Waals surface area contributed by atoms with Crippen LogP contribution in [0.5, 0.6) is 17.4 Å². The molecule has 8 nitrogen and oxygen atoms in total. The number of thioether (sulfide) groups is 1. The smallest absolute Gasteiger partial charge is 0.286 e. The topological polar surface area (TPSA) is 93.7 Å². The van der Waals surface area contributed by atoms with E-state index >= 15 is 0 Å². The predicted molar refractivity (Wildman–Crippen MR) is 148 cm³/mol. The van der Waals surface area contributed by atoms with Crippen molar-refractivity contribution in [3.05, 3.63) is 96.8 Å². The number of nitrogens with one attached hydrogen (secondary N) is 1. The Balaban J connectivity index is 1.11. The first-order valence-electron chi connectivity index (χ1n) is 12.1. The Morgan fingerprint density at radius 3 is 2.32 bits per heavy atom. The van der Waals surface area contributed by atoms with Crippen molar-refractivity contribution < 1.29 is 19.1 Å². The molecular weight excluding hydrogens is 500 g/mol. The van der Waals surface area contributed by atoms with Crippen molar-refractivity contribution in [2.75, 3.05) is 25.1 Å². The minimum absolute atomic E-state index is 0.234. The van der Waals surface area contributed by atoms with E-state index in [0.717, 1.165) is 40.0 Å². The summed E-state index contributed by atoms with van der Waals surface area (Å²) in [4.78, 5) is 33.6. The summed E-state index contributed by atoms with van der Waals surface area (Å²) in [6.45, 7) is 1.05. The molecule has 3 aromatic carbocycles. The standard InChI is InChI=1S/C29H26N4O4S/c1-33(15-16-36-23-11-7-20(8-12-23)17-25-28(34)32-29(35)38-25)26-18-27(31-19-30-26)37-24-13-9-22(10-14-24)21-5-3-2-4-6-21/h2-14,18-19,25H,15-17H2,1H3,(H,32,34,35). The number of hydrogen-bond donors (Lipinski definition) is 1. The lowest BCUT2D eigenvalue weighted by Crippen LogP contribution is -2.25. The fraction of sp³-hybridized carbons (Fsp3) is 0.172. The Morgan fingerprint density at radius 1 is 0.895 bits per heavy atom. The molecule has 2 heterocycles. The molecule has 1 unspecified atom stereocenters. The minimum Gasteiger partial charge on any atom is -0.492 e. The van der Waals surface area contributed by atoms with Gasteiger partial charge in [-0.3, -0.25) is 14.9 Å². The second-order valence-corrected chi connectivity index (χ2v) is 9.88. The Morgan fingerprint density at radius 2 is 1.61 bits per heavy atom. The largest absolute Gasteiger partial charge is 0.492 e. The van der Waals surface area contributed by atoms with Crippen LogP contribution in [0, 0.1) is 0 Å². The van der Waals surface area contributed by atoms with E-state index in [-0.39, 0.29) is 16.4 Å². The summed E-state index contributed by atoms with van der Waals surface area (Å²) in [6, 6.07) is 27.4. The van der Waals surface area contributed by atoms with Crippen LogP contribution in [0.3, 0.4) is 0 Å². The number of anilines is 1. The van der Waals surface area contributed by atoms with E-state index in [4.69, 9.17) is 9.47 Å². The van der Waals surface area contributed by atoms with E-state index < -0.39 is 0 Å². The number of benzene rings is 3. The zero-order valence-corrected chi connectivity index (χ0v) is 21.6. The number of nitrogens with zero attached hydrogens (tertiary/aromatic N) is 3. The molecule has 1 aliphatic heterocycles. The summed E-state index contributed by atoms with van der Waals surface area (Å²) < 4.78 is 11.8. The lowest BCUT2D eigenvalue weighted by Gasteiger charge is -2.18. The van der Waals surface area contributed by atoms with Crippen molar-refractivity contribution in [2.45, 2.75) is 11.7 Å². The average Bonchev–Trinajstić information content (AvgIpc) is 3.26. The van der Waals surface area contributed by atoms with E-state index in [1.807, 2.05) is 78.7 Å². The second-order valence-electron chi connectivity index (χ2n) is 8.71. The number of carbonyl (C=O) groups excluding carboxylic acids is 2. The number of aromatic nitrogens is 2. The number of carbonyl (C=O) groups is 2. The molecule has 38 heavy (non-hydrogen) atoms. The number of imide groups is 1. The van der Waals surface area contributed by atoms with Gasteiger partial charge in [-0.2, -0.15) is 0 Å². The van der Waals surface area contributed by atoms with Crippen LogP contribution in [0.15, 0.2) is 91.3 Å². The van der Waals surface area contributed by atoms with Crippen LogP contribution >= 0.6 is 11.8 Å². The zero-order valence-electron chi connectivity index (χ0n) is 20.7. The third-order valence-corrected chi connectivity index (χ3v) is 6.99. The Hall–Kier alpha value is -4.37. The molecule has 192 valence electrons. The van der Waals surface area contributed by atoms with Crippen LogP contribution in [-0.4, -0.2) is 46.6 Å². The molecular formula is C29H26N4O4S. The van der Waals surface area contributed by atoms with Gasteiger partial charge in [0, 0.05) is 13.1 Å². The van der Waals surface area contributed by atoms with Gasteiger partial charge in [-0.1, -0.05) is 66.4 Å². The van der Waals surface area contributed by atoms with E-state index in [2.05, 4.69) is 27.4 Å². The van der Waals surface area contributed by atoms with Gasteiger partial charge >= 0.3 is 0 Å². The van der Waals surface area contributed by atoms with Gasteiger partial charge in [0.25, 0.3) is 5.24 Å². The summed E-state index contributed by atoms with van der Waals surface area (Å²) in [6.07, 6.45) is 1.98. The molecule has 1 saturated heterocycles. The summed E-state index contributed by atoms with van der Waals surface area (Å²) in [5.74, 6) is 2.37. The Labute approximate surface area is 225 Å². The van der Waals surface area contributed by atoms with Crippen molar-refractivity contribution in [1.29, 1.82) is 0 Å². The van der Waals surface area contributed by atoms with Crippen LogP contribution in [0.4, 0.5) is 10.6 Å². The van der Waals surface area contributed by atoms with Crippen molar-refractivity contribution in [2.24, 2.45) is 0 Å². The van der Waals surface area contributed by atoms with Gasteiger partial charge in [-0.25, -0.2) is 9.97 Å². The Kier molecular flexibility index (Phi) is 7.84. The van der Waals surface area contributed by atoms with Gasteiger partial charge in [-0.15, -0.1) is 0 Å². The van der Waals surface area contributed by atoms with Crippen LogP contribution < -0.4 is 19.7 Å². The van der Waals surface area contributed by atoms with Crippen molar-refractivity contribution in [3.8, 4) is 28.5 Å². The summed E-state index contributed by atoms with van der Waals surface area (Å²) in [5, 5.41) is 1.65. The van der Waals surface area contributed by atoms with Crippen LogP contribution in [0.1, 0.15) is 5.56 Å². The van der Waals surface area contributed by atoms with Crippen LogP contribution in [0.2, 0.25) is 0 Å². The van der Waals surface area contributed by atoms with E-state index in [1.54, 1.807) is 6.07 Å². The molecule has 1 aromatic heterocycles. The summed E-state index contributed by atoms with van der Waals surface area (Å²) in [7, 11) is 1.93. The SMILES string of the molecule is CN(CCOc1ccc(CC2SC(=O)NC2=O)cc1)c1cc(Oc2ccc(-c3ccccc3)cc2)ncn1. The summed E-state index contributed by atoms with van der Waals surface area (Å²) in [5.41, 5.74) is 3.24. The molecule has 1 fully saturated rings. The Bertz CT molecular complexity index is 1400.